The number of hydrogen-bond acceptors (Lipinski definition) is 3. The number of esters is 1. The van der Waals surface area contributed by atoms with Crippen LogP contribution in [0.4, 0.5) is 0 Å². The van der Waals surface area contributed by atoms with Gasteiger partial charge in [-0.2, -0.15) is 0 Å². The van der Waals surface area contributed by atoms with Crippen LogP contribution in [0.3, 0.4) is 0 Å². The molecule has 0 fully saturated rings. The van der Waals surface area contributed by atoms with Crippen LogP contribution in [0.5, 0.6) is 0 Å². The lowest BCUT2D eigenvalue weighted by atomic mass is 10.1. The molecule has 1 rings (SSSR count). The fourth-order valence-electron chi connectivity index (χ4n) is 1.59. The number of hydrogen-bond donors (Lipinski definition) is 1. The third kappa shape index (κ3) is 5.32. The summed E-state index contributed by atoms with van der Waals surface area (Å²) in [6, 6.07) is 8.47. The van der Waals surface area contributed by atoms with Gasteiger partial charge in [0.05, 0.1) is 13.2 Å². The quantitative estimate of drug-likeness (QED) is 0.596. The van der Waals surface area contributed by atoms with Crippen LogP contribution in [-0.4, -0.2) is 19.1 Å². The van der Waals surface area contributed by atoms with Gasteiger partial charge in [0.15, 0.2) is 0 Å². The third-order valence-electron chi connectivity index (χ3n) is 2.89. The predicted molar refractivity (Wildman–Crippen MR) is 73.5 cm³/mol. The van der Waals surface area contributed by atoms with Crippen LogP contribution in [0.1, 0.15) is 43.9 Å². The summed E-state index contributed by atoms with van der Waals surface area (Å²) in [6.07, 6.45) is 1.97. The molecular weight excluding hydrogens is 226 g/mol. The maximum Gasteiger partial charge on any atom is 0.319 e. The van der Waals surface area contributed by atoms with E-state index in [2.05, 4.69) is 43.4 Å². The Morgan fingerprint density at radius 3 is 2.61 bits per heavy atom. The first kappa shape index (κ1) is 14.7. The number of unbranched alkanes of at least 4 members (excludes halogenated alkanes) is 1. The molecule has 1 aromatic rings. The molecule has 0 aliphatic rings. The molecular formula is C15H23NO2. The first-order chi connectivity index (χ1) is 8.63. The third-order valence-corrected chi connectivity index (χ3v) is 2.89. The summed E-state index contributed by atoms with van der Waals surface area (Å²) in [4.78, 5) is 11.4. The lowest BCUT2D eigenvalue weighted by molar-refractivity contribution is -0.142. The van der Waals surface area contributed by atoms with E-state index in [-0.39, 0.29) is 18.6 Å². The molecule has 0 spiro atoms. The number of ether oxygens (including phenoxy) is 1. The van der Waals surface area contributed by atoms with Crippen LogP contribution in [0, 0.1) is 6.92 Å². The van der Waals surface area contributed by atoms with Gasteiger partial charge < -0.3 is 10.1 Å². The van der Waals surface area contributed by atoms with E-state index < -0.39 is 0 Å². The molecule has 0 saturated carbocycles. The summed E-state index contributed by atoms with van der Waals surface area (Å²) in [7, 11) is 0. The lowest BCUT2D eigenvalue weighted by Gasteiger charge is -2.14. The average molecular weight is 249 g/mol. The van der Waals surface area contributed by atoms with Crippen molar-refractivity contribution in [3.05, 3.63) is 35.4 Å². The minimum Gasteiger partial charge on any atom is -0.465 e. The van der Waals surface area contributed by atoms with Crippen molar-refractivity contribution >= 4 is 5.97 Å². The van der Waals surface area contributed by atoms with E-state index in [4.69, 9.17) is 4.74 Å². The van der Waals surface area contributed by atoms with Crippen LogP contribution >= 0.6 is 0 Å². The second-order valence-corrected chi connectivity index (χ2v) is 4.59. The van der Waals surface area contributed by atoms with Crippen LogP contribution < -0.4 is 5.32 Å². The number of benzene rings is 1. The van der Waals surface area contributed by atoms with Crippen molar-refractivity contribution < 1.29 is 9.53 Å². The minimum absolute atomic E-state index is 0.157. The molecule has 0 saturated heterocycles. The Morgan fingerprint density at radius 2 is 2.00 bits per heavy atom. The lowest BCUT2D eigenvalue weighted by Crippen LogP contribution is -2.27. The fourth-order valence-corrected chi connectivity index (χ4v) is 1.59. The topological polar surface area (TPSA) is 38.3 Å². The highest BCUT2D eigenvalue weighted by Crippen LogP contribution is 2.12. The Labute approximate surface area is 110 Å². The Balaban J connectivity index is 2.30. The first-order valence-corrected chi connectivity index (χ1v) is 6.59. The Bertz CT molecular complexity index is 359. The van der Waals surface area contributed by atoms with Gasteiger partial charge in [0.25, 0.3) is 0 Å². The van der Waals surface area contributed by atoms with Crippen molar-refractivity contribution in [2.24, 2.45) is 0 Å². The average Bonchev–Trinajstić information content (AvgIpc) is 2.37. The summed E-state index contributed by atoms with van der Waals surface area (Å²) < 4.78 is 5.09. The Morgan fingerprint density at radius 1 is 1.33 bits per heavy atom. The second-order valence-electron chi connectivity index (χ2n) is 4.59. The first-order valence-electron chi connectivity index (χ1n) is 6.59. The maximum absolute atomic E-state index is 11.4. The van der Waals surface area contributed by atoms with Crippen molar-refractivity contribution in [1.29, 1.82) is 0 Å². The number of carbonyl (C=O) groups excluding carboxylic acids is 1. The molecule has 100 valence electrons. The van der Waals surface area contributed by atoms with Gasteiger partial charge in [-0.1, -0.05) is 43.2 Å². The number of carbonyl (C=O) groups is 1. The summed E-state index contributed by atoms with van der Waals surface area (Å²) in [5, 5.41) is 3.17. The van der Waals surface area contributed by atoms with Gasteiger partial charge in [0.1, 0.15) is 0 Å². The zero-order chi connectivity index (χ0) is 13.4. The molecule has 1 atom stereocenters. The van der Waals surface area contributed by atoms with E-state index in [9.17, 15) is 4.79 Å². The molecule has 0 radical (unpaired) electrons. The van der Waals surface area contributed by atoms with Crippen molar-refractivity contribution in [2.75, 3.05) is 13.2 Å². The van der Waals surface area contributed by atoms with Crippen molar-refractivity contribution in [1.82, 2.24) is 5.32 Å². The fraction of sp³-hybridized carbons (Fsp3) is 0.533. The molecule has 0 amide bonds. The smallest absolute Gasteiger partial charge is 0.319 e. The van der Waals surface area contributed by atoms with Crippen LogP contribution in [0.25, 0.3) is 0 Å². The van der Waals surface area contributed by atoms with Crippen LogP contribution in [0.2, 0.25) is 0 Å². The standard InChI is InChI=1S/C15H23NO2/c1-4-5-10-18-15(17)11-16-13(3)14-8-6-12(2)7-9-14/h6-9,13,16H,4-5,10-11H2,1-3H3. The molecule has 0 aliphatic heterocycles. The molecule has 3 heteroatoms. The molecule has 1 aromatic carbocycles. The van der Waals surface area contributed by atoms with E-state index in [1.807, 2.05) is 6.92 Å². The summed E-state index contributed by atoms with van der Waals surface area (Å²) in [5.41, 5.74) is 2.42. The van der Waals surface area contributed by atoms with Gasteiger partial charge in [-0.25, -0.2) is 0 Å². The zero-order valence-corrected chi connectivity index (χ0v) is 11.5. The molecule has 0 aromatic heterocycles. The molecule has 0 bridgehead atoms. The molecule has 0 aliphatic carbocycles. The Kier molecular flexibility index (Phi) is 6.44. The highest BCUT2D eigenvalue weighted by Gasteiger charge is 2.08. The highest BCUT2D eigenvalue weighted by atomic mass is 16.5. The summed E-state index contributed by atoms with van der Waals surface area (Å²) >= 11 is 0. The van der Waals surface area contributed by atoms with Crippen molar-refractivity contribution in [2.45, 2.75) is 39.7 Å². The van der Waals surface area contributed by atoms with Gasteiger partial charge in [-0.15, -0.1) is 0 Å². The SMILES string of the molecule is CCCCOC(=O)CNC(C)c1ccc(C)cc1. The van der Waals surface area contributed by atoms with Crippen molar-refractivity contribution in [3.8, 4) is 0 Å². The highest BCUT2D eigenvalue weighted by molar-refractivity contribution is 5.71. The second kappa shape index (κ2) is 7.88. The van der Waals surface area contributed by atoms with Crippen LogP contribution in [0.15, 0.2) is 24.3 Å². The number of nitrogens with one attached hydrogen (secondary N) is 1. The van der Waals surface area contributed by atoms with Gasteiger partial charge in [-0.05, 0) is 25.8 Å². The summed E-state index contributed by atoms with van der Waals surface area (Å²) in [6.45, 7) is 6.97. The maximum atomic E-state index is 11.4. The largest absolute Gasteiger partial charge is 0.465 e. The van der Waals surface area contributed by atoms with Gasteiger partial charge in [-0.3, -0.25) is 4.79 Å². The minimum atomic E-state index is -0.178. The summed E-state index contributed by atoms with van der Waals surface area (Å²) in [5.74, 6) is -0.178. The van der Waals surface area contributed by atoms with E-state index in [0.29, 0.717) is 6.61 Å². The molecule has 1 N–H and O–H groups in total. The van der Waals surface area contributed by atoms with E-state index in [1.165, 1.54) is 11.1 Å². The molecule has 1 unspecified atom stereocenters. The predicted octanol–water partition coefficient (Wildman–Crippen LogP) is 2.99. The molecule has 0 heterocycles. The molecule has 3 nitrogen and oxygen atoms in total. The van der Waals surface area contributed by atoms with E-state index >= 15 is 0 Å². The van der Waals surface area contributed by atoms with E-state index in [1.54, 1.807) is 0 Å². The number of aryl methyl sites for hydroxylation is 1. The van der Waals surface area contributed by atoms with Gasteiger partial charge in [0, 0.05) is 6.04 Å². The van der Waals surface area contributed by atoms with E-state index in [0.717, 1.165) is 12.8 Å². The molecule has 18 heavy (non-hydrogen) atoms. The Hall–Kier alpha value is -1.35. The number of rotatable bonds is 7. The van der Waals surface area contributed by atoms with Crippen molar-refractivity contribution in [3.63, 3.8) is 0 Å². The monoisotopic (exact) mass is 249 g/mol. The zero-order valence-electron chi connectivity index (χ0n) is 11.5. The normalized spacial score (nSPS) is 12.2. The van der Waals surface area contributed by atoms with Gasteiger partial charge in [0.2, 0.25) is 0 Å². The van der Waals surface area contributed by atoms with Gasteiger partial charge >= 0.3 is 5.97 Å². The van der Waals surface area contributed by atoms with Crippen LogP contribution in [-0.2, 0) is 9.53 Å².